The lowest BCUT2D eigenvalue weighted by Crippen LogP contribution is -2.37. The van der Waals surface area contributed by atoms with Gasteiger partial charge in [0.05, 0.1) is 5.92 Å². The average molecular weight is 448 g/mol. The molecule has 0 bridgehead atoms. The zero-order valence-corrected chi connectivity index (χ0v) is 18.4. The van der Waals surface area contributed by atoms with Crippen molar-refractivity contribution in [1.29, 1.82) is 0 Å². The van der Waals surface area contributed by atoms with Gasteiger partial charge < -0.3 is 10.1 Å². The number of carbonyl (C=O) groups excluding carboxylic acids is 3. The zero-order valence-electron chi connectivity index (χ0n) is 17.6. The smallest absolute Gasteiger partial charge is 0.325 e. The van der Waals surface area contributed by atoms with Gasteiger partial charge >= 0.3 is 5.97 Å². The van der Waals surface area contributed by atoms with Gasteiger partial charge in [0, 0.05) is 11.3 Å². The number of thioether (sulfide) groups is 1. The summed E-state index contributed by atoms with van der Waals surface area (Å²) in [5.41, 5.74) is 2.47. The van der Waals surface area contributed by atoms with Crippen molar-refractivity contribution in [2.75, 3.05) is 12.3 Å². The number of amides is 1. The first-order chi connectivity index (χ1) is 15.6. The highest BCUT2D eigenvalue weighted by Crippen LogP contribution is 2.19. The third-order valence-electron chi connectivity index (χ3n) is 4.77. The Labute approximate surface area is 192 Å². The molecule has 3 aromatic rings. The van der Waals surface area contributed by atoms with Gasteiger partial charge in [0.2, 0.25) is 11.0 Å². The Morgan fingerprint density at radius 1 is 0.781 bits per heavy atom. The van der Waals surface area contributed by atoms with Gasteiger partial charge in [-0.2, -0.15) is 0 Å². The Morgan fingerprint density at radius 3 is 1.97 bits per heavy atom. The molecule has 1 atom stereocenters. The predicted molar refractivity (Wildman–Crippen MR) is 126 cm³/mol. The lowest BCUT2D eigenvalue weighted by molar-refractivity contribution is -0.145. The zero-order chi connectivity index (χ0) is 22.6. The molecular weight excluding hydrogens is 422 g/mol. The van der Waals surface area contributed by atoms with Crippen molar-refractivity contribution in [3.8, 4) is 0 Å². The molecule has 0 heterocycles. The standard InChI is InChI=1S/C26H25NO4S/c28-24(31-18-21-12-6-2-7-13-21)17-27-25(29)23(16-20-10-4-1-5-11-20)19-32-26(30)22-14-8-3-9-15-22/h1-15,23H,16-19H2,(H,27,29)/t23-/m1/s1. The quantitative estimate of drug-likeness (QED) is 0.470. The van der Waals surface area contributed by atoms with Crippen molar-refractivity contribution in [1.82, 2.24) is 5.32 Å². The van der Waals surface area contributed by atoms with E-state index in [9.17, 15) is 14.4 Å². The fourth-order valence-corrected chi connectivity index (χ4v) is 3.98. The molecular formula is C26H25NO4S. The highest BCUT2D eigenvalue weighted by atomic mass is 32.2. The molecule has 0 aliphatic carbocycles. The summed E-state index contributed by atoms with van der Waals surface area (Å²) in [6.45, 7) is -0.0569. The van der Waals surface area contributed by atoms with E-state index in [2.05, 4.69) is 5.32 Å². The summed E-state index contributed by atoms with van der Waals surface area (Å²) in [5, 5.41) is 2.58. The average Bonchev–Trinajstić information content (AvgIpc) is 2.85. The SMILES string of the molecule is O=C(CNC(=O)[C@@H](CSC(=O)c1ccccc1)Cc1ccccc1)OCc1ccccc1. The number of esters is 1. The van der Waals surface area contributed by atoms with Crippen LogP contribution < -0.4 is 5.32 Å². The molecule has 0 aliphatic rings. The Hall–Kier alpha value is -3.38. The molecule has 0 fully saturated rings. The summed E-state index contributed by atoms with van der Waals surface area (Å²) in [6.07, 6.45) is 0.473. The first-order valence-electron chi connectivity index (χ1n) is 10.3. The summed E-state index contributed by atoms with van der Waals surface area (Å²) in [6, 6.07) is 27.9. The molecule has 0 saturated heterocycles. The van der Waals surface area contributed by atoms with Crippen LogP contribution in [0, 0.1) is 5.92 Å². The molecule has 0 saturated carbocycles. The van der Waals surface area contributed by atoms with Gasteiger partial charge in [-0.3, -0.25) is 14.4 Å². The van der Waals surface area contributed by atoms with E-state index in [1.54, 1.807) is 12.1 Å². The van der Waals surface area contributed by atoms with Gasteiger partial charge in [0.15, 0.2) is 0 Å². The van der Waals surface area contributed by atoms with Crippen LogP contribution >= 0.6 is 11.8 Å². The van der Waals surface area contributed by atoms with Gasteiger partial charge in [0.25, 0.3) is 0 Å². The summed E-state index contributed by atoms with van der Waals surface area (Å²) in [4.78, 5) is 37.4. The summed E-state index contributed by atoms with van der Waals surface area (Å²) >= 11 is 1.11. The first-order valence-corrected chi connectivity index (χ1v) is 11.3. The summed E-state index contributed by atoms with van der Waals surface area (Å²) < 4.78 is 5.22. The van der Waals surface area contributed by atoms with Crippen molar-refractivity contribution in [2.45, 2.75) is 13.0 Å². The lowest BCUT2D eigenvalue weighted by atomic mass is 10.0. The normalized spacial score (nSPS) is 11.4. The minimum atomic E-state index is -0.506. The van der Waals surface area contributed by atoms with Crippen molar-refractivity contribution in [3.63, 3.8) is 0 Å². The maximum absolute atomic E-state index is 12.8. The van der Waals surface area contributed by atoms with E-state index in [1.165, 1.54) is 0 Å². The molecule has 0 unspecified atom stereocenters. The van der Waals surface area contributed by atoms with E-state index in [0.29, 0.717) is 17.7 Å². The number of ether oxygens (including phenoxy) is 1. The topological polar surface area (TPSA) is 72.5 Å². The number of nitrogens with one attached hydrogen (secondary N) is 1. The molecule has 1 N–H and O–H groups in total. The minimum Gasteiger partial charge on any atom is -0.460 e. The number of carbonyl (C=O) groups is 3. The molecule has 3 aromatic carbocycles. The second-order valence-electron chi connectivity index (χ2n) is 7.22. The summed E-state index contributed by atoms with van der Waals surface area (Å²) in [5.74, 6) is -0.933. The fraction of sp³-hybridized carbons (Fsp3) is 0.192. The first kappa shape index (κ1) is 23.3. The van der Waals surface area contributed by atoms with Crippen molar-refractivity contribution in [3.05, 3.63) is 108 Å². The predicted octanol–water partition coefficient (Wildman–Crippen LogP) is 4.28. The Bertz CT molecular complexity index is 1010. The van der Waals surface area contributed by atoms with Crippen LogP contribution in [-0.2, 0) is 27.4 Å². The Balaban J connectivity index is 1.54. The van der Waals surface area contributed by atoms with Crippen LogP contribution in [0.25, 0.3) is 0 Å². The number of hydrogen-bond acceptors (Lipinski definition) is 5. The van der Waals surface area contributed by atoms with E-state index < -0.39 is 11.9 Å². The monoisotopic (exact) mass is 447 g/mol. The van der Waals surface area contributed by atoms with Gasteiger partial charge in [-0.25, -0.2) is 0 Å². The van der Waals surface area contributed by atoms with Crippen LogP contribution in [-0.4, -0.2) is 29.3 Å². The molecule has 5 nitrogen and oxygen atoms in total. The molecule has 3 rings (SSSR count). The minimum absolute atomic E-state index is 0.0845. The Kier molecular flexibility index (Phi) is 9.07. The van der Waals surface area contributed by atoms with Gasteiger partial charge in [-0.15, -0.1) is 0 Å². The van der Waals surface area contributed by atoms with E-state index in [4.69, 9.17) is 4.74 Å². The van der Waals surface area contributed by atoms with Crippen molar-refractivity contribution in [2.24, 2.45) is 5.92 Å². The van der Waals surface area contributed by atoms with E-state index >= 15 is 0 Å². The van der Waals surface area contributed by atoms with Crippen LogP contribution in [0.1, 0.15) is 21.5 Å². The van der Waals surface area contributed by atoms with Crippen molar-refractivity contribution >= 4 is 28.8 Å². The molecule has 1 amide bonds. The summed E-state index contributed by atoms with van der Waals surface area (Å²) in [7, 11) is 0. The lowest BCUT2D eigenvalue weighted by Gasteiger charge is -2.16. The highest BCUT2D eigenvalue weighted by Gasteiger charge is 2.22. The third-order valence-corrected chi connectivity index (χ3v) is 5.84. The van der Waals surface area contributed by atoms with E-state index in [0.717, 1.165) is 22.9 Å². The number of hydrogen-bond donors (Lipinski definition) is 1. The largest absolute Gasteiger partial charge is 0.460 e. The third kappa shape index (κ3) is 7.71. The highest BCUT2D eigenvalue weighted by molar-refractivity contribution is 8.14. The Morgan fingerprint density at radius 2 is 1.34 bits per heavy atom. The molecule has 6 heteroatoms. The molecule has 164 valence electrons. The van der Waals surface area contributed by atoms with E-state index in [-0.39, 0.29) is 24.2 Å². The van der Waals surface area contributed by atoms with Gasteiger partial charge in [-0.05, 0) is 17.5 Å². The maximum Gasteiger partial charge on any atom is 0.325 e. The van der Waals surface area contributed by atoms with Gasteiger partial charge in [-0.1, -0.05) is 103 Å². The van der Waals surface area contributed by atoms with Crippen LogP contribution in [0.3, 0.4) is 0 Å². The molecule has 0 spiro atoms. The molecule has 32 heavy (non-hydrogen) atoms. The van der Waals surface area contributed by atoms with Crippen LogP contribution in [0.15, 0.2) is 91.0 Å². The second-order valence-corrected chi connectivity index (χ2v) is 8.21. The molecule has 0 aliphatic heterocycles. The molecule has 0 aromatic heterocycles. The van der Waals surface area contributed by atoms with E-state index in [1.807, 2.05) is 78.9 Å². The second kappa shape index (κ2) is 12.5. The number of rotatable bonds is 10. The van der Waals surface area contributed by atoms with Crippen molar-refractivity contribution < 1.29 is 19.1 Å². The maximum atomic E-state index is 12.8. The molecule has 0 radical (unpaired) electrons. The van der Waals surface area contributed by atoms with Crippen LogP contribution in [0.2, 0.25) is 0 Å². The van der Waals surface area contributed by atoms with Crippen LogP contribution in [0.5, 0.6) is 0 Å². The van der Waals surface area contributed by atoms with Gasteiger partial charge in [0.1, 0.15) is 13.2 Å². The fourth-order valence-electron chi connectivity index (χ4n) is 3.05. The van der Waals surface area contributed by atoms with Crippen LogP contribution in [0.4, 0.5) is 0 Å². The number of benzene rings is 3.